The summed E-state index contributed by atoms with van der Waals surface area (Å²) in [6, 6.07) is 14.0. The first-order chi connectivity index (χ1) is 13.0. The molecule has 27 heavy (non-hydrogen) atoms. The van der Waals surface area contributed by atoms with Gasteiger partial charge in [-0.2, -0.15) is 0 Å². The number of nitrogens with two attached hydrogens (primary N) is 2. The summed E-state index contributed by atoms with van der Waals surface area (Å²) in [4.78, 5) is 24.0. The van der Waals surface area contributed by atoms with Gasteiger partial charge in [0.1, 0.15) is 6.61 Å². The van der Waals surface area contributed by atoms with Crippen LogP contribution in [0.5, 0.6) is 0 Å². The molecule has 6 nitrogen and oxygen atoms in total. The van der Waals surface area contributed by atoms with Gasteiger partial charge in [-0.3, -0.25) is 0 Å². The quantitative estimate of drug-likeness (QED) is 0.319. The highest BCUT2D eigenvalue weighted by Crippen LogP contribution is 2.38. The number of benzene rings is 2. The lowest BCUT2D eigenvalue weighted by molar-refractivity contribution is -0.162. The van der Waals surface area contributed by atoms with Crippen molar-refractivity contribution in [2.75, 3.05) is 6.54 Å². The molecule has 3 rings (SSSR count). The standard InChI is InChI=1S/C21H24N2O4/c22-11-4-3-10-21(23,19(24)25)20(26)27-13-15-7-5-9-17-16-8-2-1-6-14(16)12-18(15)17/h1-2,5-9H,3-4,10-13,22-23H2,(H,24,25). The van der Waals surface area contributed by atoms with Crippen molar-refractivity contribution in [2.45, 2.75) is 37.8 Å². The van der Waals surface area contributed by atoms with E-state index < -0.39 is 17.5 Å². The average molecular weight is 368 g/mol. The van der Waals surface area contributed by atoms with Crippen molar-refractivity contribution in [3.05, 3.63) is 59.2 Å². The molecule has 0 fully saturated rings. The summed E-state index contributed by atoms with van der Waals surface area (Å²) < 4.78 is 5.33. The number of carbonyl (C=O) groups is 2. The van der Waals surface area contributed by atoms with Gasteiger partial charge >= 0.3 is 11.9 Å². The molecule has 0 saturated heterocycles. The predicted molar refractivity (Wildman–Crippen MR) is 102 cm³/mol. The third-order valence-electron chi connectivity index (χ3n) is 5.08. The van der Waals surface area contributed by atoms with Crippen LogP contribution in [0.25, 0.3) is 11.1 Å². The van der Waals surface area contributed by atoms with E-state index in [0.29, 0.717) is 19.4 Å². The molecule has 0 aliphatic heterocycles. The summed E-state index contributed by atoms with van der Waals surface area (Å²) in [7, 11) is 0. The van der Waals surface area contributed by atoms with Crippen LogP contribution in [0, 0.1) is 0 Å². The van der Waals surface area contributed by atoms with Crippen LogP contribution in [-0.2, 0) is 27.4 Å². The van der Waals surface area contributed by atoms with E-state index in [-0.39, 0.29) is 13.0 Å². The number of hydrogen-bond donors (Lipinski definition) is 3. The van der Waals surface area contributed by atoms with E-state index in [2.05, 4.69) is 12.1 Å². The van der Waals surface area contributed by atoms with E-state index in [0.717, 1.165) is 23.1 Å². The summed E-state index contributed by atoms with van der Waals surface area (Å²) in [5, 5.41) is 9.42. The maximum atomic E-state index is 12.4. The maximum Gasteiger partial charge on any atom is 0.338 e. The number of rotatable bonds is 8. The Balaban J connectivity index is 1.74. The molecular formula is C21H24N2O4. The van der Waals surface area contributed by atoms with Gasteiger partial charge in [0.05, 0.1) is 0 Å². The third-order valence-corrected chi connectivity index (χ3v) is 5.08. The van der Waals surface area contributed by atoms with Gasteiger partial charge in [0.25, 0.3) is 0 Å². The van der Waals surface area contributed by atoms with Gasteiger partial charge in [0.15, 0.2) is 0 Å². The van der Waals surface area contributed by atoms with Gasteiger partial charge in [0, 0.05) is 0 Å². The second kappa shape index (κ2) is 7.90. The number of carboxylic acids is 1. The zero-order valence-electron chi connectivity index (χ0n) is 15.1. The minimum absolute atomic E-state index is 0.000879. The molecule has 1 unspecified atom stereocenters. The summed E-state index contributed by atoms with van der Waals surface area (Å²) in [6.45, 7) is 0.417. The lowest BCUT2D eigenvalue weighted by atomic mass is 9.94. The highest BCUT2D eigenvalue weighted by Gasteiger charge is 2.43. The Morgan fingerprint density at radius 3 is 2.56 bits per heavy atom. The molecule has 2 aromatic rings. The number of carbonyl (C=O) groups excluding carboxylic acids is 1. The molecule has 0 spiro atoms. The summed E-state index contributed by atoms with van der Waals surface area (Å²) in [5.41, 5.74) is 14.7. The van der Waals surface area contributed by atoms with Crippen molar-refractivity contribution in [3.8, 4) is 11.1 Å². The van der Waals surface area contributed by atoms with Gasteiger partial charge < -0.3 is 21.3 Å². The minimum Gasteiger partial charge on any atom is -0.479 e. The third kappa shape index (κ3) is 3.72. The lowest BCUT2D eigenvalue weighted by Gasteiger charge is -2.23. The Hall–Kier alpha value is -2.70. The molecule has 2 aromatic carbocycles. The van der Waals surface area contributed by atoms with Crippen LogP contribution >= 0.6 is 0 Å². The number of fused-ring (bicyclic) bond motifs is 3. The molecule has 0 aromatic heterocycles. The molecule has 1 aliphatic rings. The number of unbranched alkanes of at least 4 members (excludes halogenated alkanes) is 1. The Bertz CT molecular complexity index is 865. The monoisotopic (exact) mass is 368 g/mol. The van der Waals surface area contributed by atoms with Crippen molar-refractivity contribution >= 4 is 11.9 Å². The second-order valence-corrected chi connectivity index (χ2v) is 6.88. The average Bonchev–Trinajstić information content (AvgIpc) is 3.05. The first kappa shape index (κ1) is 19.1. The van der Waals surface area contributed by atoms with E-state index in [9.17, 15) is 14.7 Å². The molecule has 0 radical (unpaired) electrons. The van der Waals surface area contributed by atoms with E-state index in [1.165, 1.54) is 11.1 Å². The number of carboxylic acid groups (broad SMARTS) is 1. The molecule has 5 N–H and O–H groups in total. The van der Waals surface area contributed by atoms with Crippen LogP contribution in [-0.4, -0.2) is 29.1 Å². The van der Waals surface area contributed by atoms with Gasteiger partial charge in [0.2, 0.25) is 5.54 Å². The molecular weight excluding hydrogens is 344 g/mol. The summed E-state index contributed by atoms with van der Waals surface area (Å²) >= 11 is 0. The number of aliphatic carboxylic acids is 1. The molecule has 0 amide bonds. The van der Waals surface area contributed by atoms with Crippen LogP contribution < -0.4 is 11.5 Å². The SMILES string of the molecule is NCCCCC(N)(C(=O)O)C(=O)OCc1cccc2c1Cc1ccccc1-2. The lowest BCUT2D eigenvalue weighted by Crippen LogP contribution is -2.55. The Morgan fingerprint density at radius 2 is 1.81 bits per heavy atom. The smallest absolute Gasteiger partial charge is 0.338 e. The van der Waals surface area contributed by atoms with Gasteiger partial charge in [-0.25, -0.2) is 9.59 Å². The second-order valence-electron chi connectivity index (χ2n) is 6.88. The normalized spacial score (nSPS) is 14.1. The Labute approximate surface area is 158 Å². The van der Waals surface area contributed by atoms with Crippen molar-refractivity contribution in [3.63, 3.8) is 0 Å². The molecule has 1 aliphatic carbocycles. The zero-order chi connectivity index (χ0) is 19.4. The van der Waals surface area contributed by atoms with Gasteiger partial charge in [-0.05, 0) is 60.0 Å². The highest BCUT2D eigenvalue weighted by molar-refractivity contribution is 6.03. The predicted octanol–water partition coefficient (Wildman–Crippen LogP) is 2.21. The first-order valence-electron chi connectivity index (χ1n) is 9.06. The topological polar surface area (TPSA) is 116 Å². The maximum absolute atomic E-state index is 12.4. The number of esters is 1. The van der Waals surface area contributed by atoms with Crippen molar-refractivity contribution in [1.29, 1.82) is 0 Å². The summed E-state index contributed by atoms with van der Waals surface area (Å²) in [6.07, 6.45) is 1.81. The van der Waals surface area contributed by atoms with Crippen molar-refractivity contribution in [2.24, 2.45) is 11.5 Å². The minimum atomic E-state index is -2.05. The van der Waals surface area contributed by atoms with Crippen LogP contribution in [0.2, 0.25) is 0 Å². The zero-order valence-corrected chi connectivity index (χ0v) is 15.1. The fraction of sp³-hybridized carbons (Fsp3) is 0.333. The summed E-state index contributed by atoms with van der Waals surface area (Å²) in [5.74, 6) is -2.30. The van der Waals surface area contributed by atoms with E-state index in [1.54, 1.807) is 0 Å². The van der Waals surface area contributed by atoms with E-state index in [4.69, 9.17) is 16.2 Å². The molecule has 1 atom stereocenters. The number of ether oxygens (including phenoxy) is 1. The molecule has 0 saturated carbocycles. The molecule has 6 heteroatoms. The van der Waals surface area contributed by atoms with Crippen LogP contribution in [0.15, 0.2) is 42.5 Å². The molecule has 0 bridgehead atoms. The number of hydrogen-bond acceptors (Lipinski definition) is 5. The Kier molecular flexibility index (Phi) is 5.58. The fourth-order valence-corrected chi connectivity index (χ4v) is 3.48. The largest absolute Gasteiger partial charge is 0.479 e. The van der Waals surface area contributed by atoms with Gasteiger partial charge in [-0.1, -0.05) is 42.5 Å². The van der Waals surface area contributed by atoms with Crippen molar-refractivity contribution < 1.29 is 19.4 Å². The highest BCUT2D eigenvalue weighted by atomic mass is 16.5. The van der Waals surface area contributed by atoms with Gasteiger partial charge in [-0.15, -0.1) is 0 Å². The molecule has 0 heterocycles. The Morgan fingerprint density at radius 1 is 1.07 bits per heavy atom. The van der Waals surface area contributed by atoms with Crippen molar-refractivity contribution in [1.82, 2.24) is 0 Å². The van der Waals surface area contributed by atoms with Crippen LogP contribution in [0.4, 0.5) is 0 Å². The fourth-order valence-electron chi connectivity index (χ4n) is 3.48. The van der Waals surface area contributed by atoms with E-state index in [1.807, 2.05) is 30.3 Å². The van der Waals surface area contributed by atoms with E-state index >= 15 is 0 Å². The van der Waals surface area contributed by atoms with Crippen LogP contribution in [0.1, 0.15) is 36.0 Å². The first-order valence-corrected chi connectivity index (χ1v) is 9.06. The molecule has 142 valence electrons. The van der Waals surface area contributed by atoms with Crippen LogP contribution in [0.3, 0.4) is 0 Å².